The van der Waals surface area contributed by atoms with E-state index in [2.05, 4.69) is 18.7 Å². The predicted molar refractivity (Wildman–Crippen MR) is 128 cm³/mol. The second kappa shape index (κ2) is 10.6. The van der Waals surface area contributed by atoms with Gasteiger partial charge in [0.1, 0.15) is 0 Å². The minimum atomic E-state index is -0.288. The van der Waals surface area contributed by atoms with E-state index in [0.29, 0.717) is 28.8 Å². The molecule has 2 atom stereocenters. The summed E-state index contributed by atoms with van der Waals surface area (Å²) in [5.74, 6) is -0.154. The summed E-state index contributed by atoms with van der Waals surface area (Å²) < 4.78 is 4.94. The molecule has 0 bridgehead atoms. The lowest BCUT2D eigenvalue weighted by Gasteiger charge is -2.46. The van der Waals surface area contributed by atoms with Crippen LogP contribution >= 0.6 is 35.0 Å². The van der Waals surface area contributed by atoms with Crippen molar-refractivity contribution in [2.45, 2.75) is 37.8 Å². The number of amides is 1. The number of hydrogen-bond donors (Lipinski definition) is 0. The number of halogens is 2. The summed E-state index contributed by atoms with van der Waals surface area (Å²) in [6.45, 7) is 7.62. The number of thioether (sulfide) groups is 1. The molecular weight excluding hydrogens is 455 g/mol. The number of esters is 1. The van der Waals surface area contributed by atoms with Gasteiger partial charge in [0.25, 0.3) is 5.91 Å². The SMILES string of the molecule is CCOC(=O)CSc1ccc(C(=O)N2CCN(c3cccc(Cl)c3)C(C)[C@@H]2C)cc1Cl. The molecule has 3 rings (SSSR count). The Morgan fingerprint density at radius 1 is 1.10 bits per heavy atom. The van der Waals surface area contributed by atoms with Crippen molar-refractivity contribution in [3.05, 3.63) is 58.1 Å². The molecule has 0 aromatic heterocycles. The molecule has 0 saturated carbocycles. The van der Waals surface area contributed by atoms with Gasteiger partial charge < -0.3 is 14.5 Å². The van der Waals surface area contributed by atoms with Gasteiger partial charge in [-0.2, -0.15) is 0 Å². The molecule has 2 aromatic rings. The zero-order chi connectivity index (χ0) is 22.5. The molecule has 1 unspecified atom stereocenters. The maximum atomic E-state index is 13.2. The molecule has 0 spiro atoms. The lowest BCUT2D eigenvalue weighted by Crippen LogP contribution is -2.59. The van der Waals surface area contributed by atoms with Crippen LogP contribution in [0.4, 0.5) is 5.69 Å². The zero-order valence-electron chi connectivity index (χ0n) is 17.8. The Labute approximate surface area is 197 Å². The summed E-state index contributed by atoms with van der Waals surface area (Å²) in [5.41, 5.74) is 1.60. The maximum absolute atomic E-state index is 13.2. The van der Waals surface area contributed by atoms with Crippen LogP contribution in [0.2, 0.25) is 10.0 Å². The molecule has 31 heavy (non-hydrogen) atoms. The molecule has 5 nitrogen and oxygen atoms in total. The number of anilines is 1. The molecule has 1 amide bonds. The van der Waals surface area contributed by atoms with Gasteiger partial charge in [0.2, 0.25) is 0 Å². The van der Waals surface area contributed by atoms with E-state index >= 15 is 0 Å². The second-order valence-electron chi connectivity index (χ2n) is 7.39. The quantitative estimate of drug-likeness (QED) is 0.409. The lowest BCUT2D eigenvalue weighted by atomic mass is 10.0. The third-order valence-electron chi connectivity index (χ3n) is 5.49. The van der Waals surface area contributed by atoms with Crippen molar-refractivity contribution in [1.82, 2.24) is 4.90 Å². The number of carbonyl (C=O) groups is 2. The monoisotopic (exact) mass is 480 g/mol. The highest BCUT2D eigenvalue weighted by atomic mass is 35.5. The van der Waals surface area contributed by atoms with Crippen LogP contribution in [0.5, 0.6) is 0 Å². The molecule has 0 N–H and O–H groups in total. The Kier molecular flexibility index (Phi) is 8.14. The number of ether oxygens (including phenoxy) is 1. The number of carbonyl (C=O) groups excluding carboxylic acids is 2. The summed E-state index contributed by atoms with van der Waals surface area (Å²) in [6, 6.07) is 13.2. The average Bonchev–Trinajstić information content (AvgIpc) is 2.74. The van der Waals surface area contributed by atoms with Crippen LogP contribution in [-0.4, -0.2) is 54.3 Å². The number of nitrogens with zero attached hydrogens (tertiary/aromatic N) is 2. The summed E-state index contributed by atoms with van der Waals surface area (Å²) in [5, 5.41) is 1.16. The maximum Gasteiger partial charge on any atom is 0.316 e. The number of piperazine rings is 1. The third kappa shape index (κ3) is 5.68. The van der Waals surface area contributed by atoms with Gasteiger partial charge in [-0.1, -0.05) is 29.3 Å². The van der Waals surface area contributed by atoms with Crippen molar-refractivity contribution >= 4 is 52.5 Å². The highest BCUT2D eigenvalue weighted by Gasteiger charge is 2.34. The first-order chi connectivity index (χ1) is 14.8. The first-order valence-corrected chi connectivity index (χ1v) is 12.0. The molecule has 0 aliphatic carbocycles. The zero-order valence-corrected chi connectivity index (χ0v) is 20.1. The summed E-state index contributed by atoms with van der Waals surface area (Å²) >= 11 is 13.9. The highest BCUT2D eigenvalue weighted by molar-refractivity contribution is 8.00. The predicted octanol–water partition coefficient (Wildman–Crippen LogP) is 5.39. The molecule has 1 aliphatic heterocycles. The van der Waals surface area contributed by atoms with Gasteiger partial charge in [0.05, 0.1) is 17.4 Å². The number of rotatable bonds is 6. The van der Waals surface area contributed by atoms with E-state index in [9.17, 15) is 9.59 Å². The minimum Gasteiger partial charge on any atom is -0.465 e. The fourth-order valence-corrected chi connectivity index (χ4v) is 4.95. The summed E-state index contributed by atoms with van der Waals surface area (Å²) in [7, 11) is 0. The Balaban J connectivity index is 1.69. The molecule has 0 radical (unpaired) electrons. The van der Waals surface area contributed by atoms with Crippen molar-refractivity contribution in [1.29, 1.82) is 0 Å². The lowest BCUT2D eigenvalue weighted by molar-refractivity contribution is -0.139. The van der Waals surface area contributed by atoms with Crippen molar-refractivity contribution < 1.29 is 14.3 Å². The Bertz CT molecular complexity index is 956. The largest absolute Gasteiger partial charge is 0.465 e. The minimum absolute atomic E-state index is 0.0110. The first-order valence-electron chi connectivity index (χ1n) is 10.2. The van der Waals surface area contributed by atoms with Crippen molar-refractivity contribution in [2.75, 3.05) is 30.3 Å². The van der Waals surface area contributed by atoms with Crippen molar-refractivity contribution in [2.24, 2.45) is 0 Å². The molecule has 8 heteroatoms. The second-order valence-corrected chi connectivity index (χ2v) is 9.25. The van der Waals surface area contributed by atoms with Gasteiger partial charge in [0.15, 0.2) is 0 Å². The van der Waals surface area contributed by atoms with Gasteiger partial charge in [0, 0.05) is 46.3 Å². The highest BCUT2D eigenvalue weighted by Crippen LogP contribution is 2.31. The van der Waals surface area contributed by atoms with Crippen LogP contribution < -0.4 is 4.90 Å². The van der Waals surface area contributed by atoms with Crippen LogP contribution in [0.15, 0.2) is 47.4 Å². The fourth-order valence-electron chi connectivity index (χ4n) is 3.71. The van der Waals surface area contributed by atoms with Crippen LogP contribution in [0.3, 0.4) is 0 Å². The van der Waals surface area contributed by atoms with Gasteiger partial charge in [-0.05, 0) is 57.2 Å². The Morgan fingerprint density at radius 2 is 1.87 bits per heavy atom. The topological polar surface area (TPSA) is 49.9 Å². The smallest absolute Gasteiger partial charge is 0.316 e. The van der Waals surface area contributed by atoms with E-state index < -0.39 is 0 Å². The number of benzene rings is 2. The Hall–Kier alpha value is -1.89. The van der Waals surface area contributed by atoms with Gasteiger partial charge >= 0.3 is 5.97 Å². The third-order valence-corrected chi connectivity index (χ3v) is 7.20. The normalized spacial score (nSPS) is 18.7. The van der Waals surface area contributed by atoms with Gasteiger partial charge in [-0.15, -0.1) is 11.8 Å². The Morgan fingerprint density at radius 3 is 2.55 bits per heavy atom. The van der Waals surface area contributed by atoms with Crippen LogP contribution in [0.25, 0.3) is 0 Å². The molecule has 1 fully saturated rings. The van der Waals surface area contributed by atoms with E-state index in [1.54, 1.807) is 25.1 Å². The van der Waals surface area contributed by atoms with E-state index in [1.807, 2.05) is 29.2 Å². The molecule has 1 aliphatic rings. The molecule has 2 aromatic carbocycles. The molecule has 166 valence electrons. The fraction of sp³-hybridized carbons (Fsp3) is 0.391. The molecular formula is C23H26Cl2N2O3S. The van der Waals surface area contributed by atoms with E-state index in [1.165, 1.54) is 11.8 Å². The summed E-state index contributed by atoms with van der Waals surface area (Å²) in [6.07, 6.45) is 0. The van der Waals surface area contributed by atoms with E-state index in [-0.39, 0.29) is 29.7 Å². The standard InChI is InChI=1S/C23H26Cl2N2O3S/c1-4-30-22(28)14-31-21-9-8-17(12-20(21)25)23(29)27-11-10-26(15(2)16(27)3)19-7-5-6-18(24)13-19/h5-9,12-13,15-16H,4,10-11,14H2,1-3H3/t15?,16-/m0/s1. The molecule has 1 heterocycles. The van der Waals surface area contributed by atoms with Gasteiger partial charge in [-0.25, -0.2) is 0 Å². The van der Waals surface area contributed by atoms with E-state index in [4.69, 9.17) is 27.9 Å². The van der Waals surface area contributed by atoms with Gasteiger partial charge in [-0.3, -0.25) is 9.59 Å². The van der Waals surface area contributed by atoms with Crippen molar-refractivity contribution in [3.8, 4) is 0 Å². The van der Waals surface area contributed by atoms with Crippen LogP contribution in [0.1, 0.15) is 31.1 Å². The summed E-state index contributed by atoms with van der Waals surface area (Å²) in [4.78, 5) is 29.7. The van der Waals surface area contributed by atoms with Crippen LogP contribution in [0, 0.1) is 0 Å². The van der Waals surface area contributed by atoms with Crippen LogP contribution in [-0.2, 0) is 9.53 Å². The first kappa shape index (κ1) is 23.8. The number of hydrogen-bond acceptors (Lipinski definition) is 5. The average molecular weight is 481 g/mol. The van der Waals surface area contributed by atoms with E-state index in [0.717, 1.165) is 17.1 Å². The van der Waals surface area contributed by atoms with Crippen molar-refractivity contribution in [3.63, 3.8) is 0 Å². The molecule has 1 saturated heterocycles.